The Morgan fingerprint density at radius 2 is 1.50 bits per heavy atom. The van der Waals surface area contributed by atoms with E-state index in [0.717, 1.165) is 0 Å². The minimum atomic E-state index is -1.53. The van der Waals surface area contributed by atoms with Crippen molar-refractivity contribution in [3.8, 4) is 0 Å². The van der Waals surface area contributed by atoms with Crippen molar-refractivity contribution in [3.05, 3.63) is 116 Å². The molecule has 1 aromatic heterocycles. The third-order valence-electron chi connectivity index (χ3n) is 6.20. The fraction of sp³-hybridized carbons (Fsp3) is 0.115. The lowest BCUT2D eigenvalue weighted by Crippen LogP contribution is -2.49. The zero-order chi connectivity index (χ0) is 25.4. The van der Waals surface area contributed by atoms with E-state index in [0.29, 0.717) is 21.7 Å². The van der Waals surface area contributed by atoms with Gasteiger partial charge in [0, 0.05) is 12.1 Å². The first-order valence-electron chi connectivity index (χ1n) is 11.2. The summed E-state index contributed by atoms with van der Waals surface area (Å²) in [4.78, 5) is 66.3. The van der Waals surface area contributed by atoms with Crippen molar-refractivity contribution in [2.45, 2.75) is 19.0 Å². The minimum Gasteiger partial charge on any atom is -0.316 e. The first-order valence-corrected chi connectivity index (χ1v) is 11.2. The van der Waals surface area contributed by atoms with Crippen molar-refractivity contribution in [1.82, 2.24) is 25.3 Å². The largest absolute Gasteiger partial charge is 0.344 e. The van der Waals surface area contributed by atoms with Crippen molar-refractivity contribution < 1.29 is 14.4 Å². The molecule has 10 nitrogen and oxygen atoms in total. The summed E-state index contributed by atoms with van der Waals surface area (Å²) in [6, 6.07) is 21.1. The maximum atomic E-state index is 13.7. The Morgan fingerprint density at radius 1 is 0.889 bits per heavy atom. The number of fused-ring (bicyclic) bond motifs is 1. The number of H-pyrrole nitrogens is 1. The molecule has 3 N–H and O–H groups in total. The molecular formula is C26H21N5O5. The Balaban J connectivity index is 1.51. The van der Waals surface area contributed by atoms with Gasteiger partial charge in [0.05, 0.1) is 11.0 Å². The number of aromatic nitrogens is 2. The summed E-state index contributed by atoms with van der Waals surface area (Å²) in [5.74, 6) is -1.42. The maximum absolute atomic E-state index is 13.7. The zero-order valence-corrected chi connectivity index (χ0v) is 19.1. The summed E-state index contributed by atoms with van der Waals surface area (Å²) in [5.41, 5.74) is 1.21. The van der Waals surface area contributed by atoms with Crippen LogP contribution in [0.15, 0.2) is 88.5 Å². The van der Waals surface area contributed by atoms with Gasteiger partial charge in [0.1, 0.15) is 0 Å². The Hall–Kier alpha value is -4.99. The lowest BCUT2D eigenvalue weighted by molar-refractivity contribution is -0.131. The van der Waals surface area contributed by atoms with Gasteiger partial charge in [0.2, 0.25) is 0 Å². The number of urea groups is 1. The highest BCUT2D eigenvalue weighted by Crippen LogP contribution is 2.35. The highest BCUT2D eigenvalue weighted by atomic mass is 16.2. The van der Waals surface area contributed by atoms with Gasteiger partial charge in [0.25, 0.3) is 11.8 Å². The summed E-state index contributed by atoms with van der Waals surface area (Å²) in [5, 5.41) is 3.41. The molecule has 0 unspecified atom stereocenters. The molecule has 0 radical (unpaired) electrons. The molecule has 1 saturated heterocycles. The summed E-state index contributed by atoms with van der Waals surface area (Å²) in [6.45, 7) is 2.00. The fourth-order valence-corrected chi connectivity index (χ4v) is 4.47. The molecule has 4 amide bonds. The number of nitrogens with zero attached hydrogens (tertiary/aromatic N) is 2. The van der Waals surface area contributed by atoms with Crippen molar-refractivity contribution in [2.24, 2.45) is 0 Å². The van der Waals surface area contributed by atoms with Crippen LogP contribution in [0.2, 0.25) is 0 Å². The van der Waals surface area contributed by atoms with Crippen LogP contribution >= 0.6 is 0 Å². The van der Waals surface area contributed by atoms with Crippen LogP contribution in [-0.4, -0.2) is 32.4 Å². The molecule has 4 aromatic rings. The van der Waals surface area contributed by atoms with Gasteiger partial charge >= 0.3 is 17.1 Å². The van der Waals surface area contributed by atoms with Crippen LogP contribution in [0.5, 0.6) is 0 Å². The molecule has 0 bridgehead atoms. The van der Waals surface area contributed by atoms with Gasteiger partial charge in [0.15, 0.2) is 5.54 Å². The number of hydrogen-bond donors (Lipinski definition) is 3. The lowest BCUT2D eigenvalue weighted by atomic mass is 9.83. The molecular weight excluding hydrogens is 462 g/mol. The Labute approximate surface area is 204 Å². The first-order chi connectivity index (χ1) is 17.4. The van der Waals surface area contributed by atoms with Crippen molar-refractivity contribution in [1.29, 1.82) is 0 Å². The van der Waals surface area contributed by atoms with Gasteiger partial charge < -0.3 is 14.9 Å². The maximum Gasteiger partial charge on any atom is 0.344 e. The normalized spacial score (nSPS) is 14.6. The van der Waals surface area contributed by atoms with E-state index >= 15 is 0 Å². The molecule has 5 rings (SSSR count). The van der Waals surface area contributed by atoms with E-state index in [1.807, 2.05) is 0 Å². The topological polar surface area (TPSA) is 133 Å². The average molecular weight is 483 g/mol. The van der Waals surface area contributed by atoms with Crippen molar-refractivity contribution in [3.63, 3.8) is 0 Å². The number of aromatic amines is 1. The second-order valence-electron chi connectivity index (χ2n) is 8.23. The van der Waals surface area contributed by atoms with E-state index in [-0.39, 0.29) is 17.6 Å². The Kier molecular flexibility index (Phi) is 5.48. The van der Waals surface area contributed by atoms with Crippen LogP contribution in [0.25, 0.3) is 11.0 Å². The number of carbonyl (C=O) groups excluding carboxylic acids is 3. The molecule has 180 valence electrons. The molecule has 1 aliphatic rings. The molecule has 1 fully saturated rings. The van der Waals surface area contributed by atoms with Crippen LogP contribution in [0, 0.1) is 0 Å². The summed E-state index contributed by atoms with van der Waals surface area (Å²) in [6.07, 6.45) is 0. The van der Waals surface area contributed by atoms with E-state index in [1.54, 1.807) is 67.6 Å². The standard InChI is InChI=1S/C26H21N5O5/c1-2-30-20-14-13-16(15-19(20)27-22(33)23(30)34)21(32)29-31-24(35)26(28-25(31)36,17-9-5-3-6-10-17)18-11-7-4-8-12-18/h3-15H,2H2,1H3,(H,27,33)(H,28,36)(H,29,32). The monoisotopic (exact) mass is 483 g/mol. The number of rotatable bonds is 5. The van der Waals surface area contributed by atoms with Gasteiger partial charge in [-0.25, -0.2) is 4.79 Å². The molecule has 3 aromatic carbocycles. The van der Waals surface area contributed by atoms with Gasteiger partial charge in [-0.3, -0.25) is 24.6 Å². The second-order valence-corrected chi connectivity index (χ2v) is 8.23. The number of hydrogen-bond acceptors (Lipinski definition) is 5. The molecule has 0 spiro atoms. The van der Waals surface area contributed by atoms with Gasteiger partial charge in [-0.1, -0.05) is 60.7 Å². The molecule has 36 heavy (non-hydrogen) atoms. The van der Waals surface area contributed by atoms with Crippen LogP contribution in [0.1, 0.15) is 28.4 Å². The quantitative estimate of drug-likeness (QED) is 0.294. The summed E-state index contributed by atoms with van der Waals surface area (Å²) in [7, 11) is 0. The molecule has 2 heterocycles. The number of aryl methyl sites for hydroxylation is 1. The number of carbonyl (C=O) groups is 3. The highest BCUT2D eigenvalue weighted by Gasteiger charge is 2.54. The van der Waals surface area contributed by atoms with Gasteiger partial charge in [-0.05, 0) is 36.2 Å². The fourth-order valence-electron chi connectivity index (χ4n) is 4.47. The zero-order valence-electron chi connectivity index (χ0n) is 19.1. The second kappa shape index (κ2) is 8.66. The molecule has 10 heteroatoms. The predicted octanol–water partition coefficient (Wildman–Crippen LogP) is 1.85. The van der Waals surface area contributed by atoms with E-state index in [4.69, 9.17) is 0 Å². The summed E-state index contributed by atoms with van der Waals surface area (Å²) < 4.78 is 1.29. The molecule has 0 atom stereocenters. The number of hydrazine groups is 1. The number of amides is 4. The Bertz CT molecular complexity index is 1590. The third kappa shape index (κ3) is 3.47. The number of benzene rings is 3. The number of nitrogens with one attached hydrogen (secondary N) is 3. The average Bonchev–Trinajstić information content (AvgIpc) is 3.16. The van der Waals surface area contributed by atoms with Crippen LogP contribution < -0.4 is 21.9 Å². The molecule has 1 aliphatic heterocycles. The minimum absolute atomic E-state index is 0.0805. The van der Waals surface area contributed by atoms with E-state index in [2.05, 4.69) is 15.7 Å². The highest BCUT2D eigenvalue weighted by molar-refractivity contribution is 6.11. The molecule has 0 saturated carbocycles. The number of imide groups is 1. The smallest absolute Gasteiger partial charge is 0.316 e. The SMILES string of the molecule is CCn1c(=O)c(=O)[nH]c2cc(C(=O)NN3C(=O)NC(c4ccccc4)(c4ccccc4)C3=O)ccc21. The van der Waals surface area contributed by atoms with Gasteiger partial charge in [-0.15, -0.1) is 0 Å². The van der Waals surface area contributed by atoms with Crippen LogP contribution in [0.4, 0.5) is 4.79 Å². The van der Waals surface area contributed by atoms with Gasteiger partial charge in [-0.2, -0.15) is 5.01 Å². The predicted molar refractivity (Wildman–Crippen MR) is 131 cm³/mol. The van der Waals surface area contributed by atoms with Crippen LogP contribution in [-0.2, 0) is 16.9 Å². The van der Waals surface area contributed by atoms with E-state index in [1.165, 1.54) is 22.8 Å². The van der Waals surface area contributed by atoms with Crippen LogP contribution in [0.3, 0.4) is 0 Å². The van der Waals surface area contributed by atoms with E-state index in [9.17, 15) is 24.0 Å². The summed E-state index contributed by atoms with van der Waals surface area (Å²) >= 11 is 0. The first kappa shape index (κ1) is 22.8. The van der Waals surface area contributed by atoms with E-state index < -0.39 is 34.5 Å². The van der Waals surface area contributed by atoms with Crippen molar-refractivity contribution >= 4 is 28.9 Å². The Morgan fingerprint density at radius 3 is 2.08 bits per heavy atom. The molecule has 0 aliphatic carbocycles. The third-order valence-corrected chi connectivity index (χ3v) is 6.20. The van der Waals surface area contributed by atoms with Crippen molar-refractivity contribution in [2.75, 3.05) is 0 Å². The lowest BCUT2D eigenvalue weighted by Gasteiger charge is -2.27.